The molecule has 9 heteroatoms. The minimum absolute atomic E-state index is 0.0191. The number of amides is 1. The summed E-state index contributed by atoms with van der Waals surface area (Å²) in [6, 6.07) is 8.76. The van der Waals surface area contributed by atoms with Crippen LogP contribution in [-0.4, -0.2) is 15.7 Å². The molecule has 2 aromatic carbocycles. The summed E-state index contributed by atoms with van der Waals surface area (Å²) < 4.78 is 54.3. The van der Waals surface area contributed by atoms with E-state index >= 15 is 0 Å². The maximum atomic E-state index is 13.9. The molecular formula is C18H12BrF4N3O. The summed E-state index contributed by atoms with van der Waals surface area (Å²) in [6.45, 7) is 1.54. The van der Waals surface area contributed by atoms with Gasteiger partial charge in [0.15, 0.2) is 0 Å². The Labute approximate surface area is 159 Å². The second kappa shape index (κ2) is 7.15. The quantitative estimate of drug-likeness (QED) is 0.556. The zero-order valence-corrected chi connectivity index (χ0v) is 15.4. The number of carbonyl (C=O) groups excluding carboxylic acids is 1. The molecule has 0 bridgehead atoms. The average molecular weight is 442 g/mol. The molecule has 3 rings (SSSR count). The van der Waals surface area contributed by atoms with Gasteiger partial charge in [0.25, 0.3) is 5.91 Å². The van der Waals surface area contributed by atoms with E-state index in [1.54, 1.807) is 13.0 Å². The Hall–Kier alpha value is -2.68. The maximum absolute atomic E-state index is 13.9. The smallest absolute Gasteiger partial charge is 0.319 e. The van der Waals surface area contributed by atoms with Crippen molar-refractivity contribution < 1.29 is 22.4 Å². The number of alkyl halides is 3. The molecule has 0 saturated heterocycles. The third kappa shape index (κ3) is 4.02. The minimum atomic E-state index is -4.49. The summed E-state index contributed by atoms with van der Waals surface area (Å²) in [6.07, 6.45) is -3.27. The zero-order chi connectivity index (χ0) is 19.8. The fourth-order valence-corrected chi connectivity index (χ4v) is 2.82. The van der Waals surface area contributed by atoms with Gasteiger partial charge in [-0.1, -0.05) is 22.0 Å². The summed E-state index contributed by atoms with van der Waals surface area (Å²) in [5.74, 6) is -1.24. The van der Waals surface area contributed by atoms with E-state index in [-0.39, 0.29) is 16.9 Å². The van der Waals surface area contributed by atoms with Crippen molar-refractivity contribution in [2.75, 3.05) is 5.32 Å². The van der Waals surface area contributed by atoms with Crippen LogP contribution in [0.2, 0.25) is 0 Å². The lowest BCUT2D eigenvalue weighted by Crippen LogP contribution is -2.14. The number of anilines is 1. The Kier molecular flexibility index (Phi) is 5.05. The molecule has 0 radical (unpaired) electrons. The van der Waals surface area contributed by atoms with Gasteiger partial charge in [-0.05, 0) is 43.3 Å². The Morgan fingerprint density at radius 2 is 1.93 bits per heavy atom. The van der Waals surface area contributed by atoms with Crippen molar-refractivity contribution >= 4 is 27.5 Å². The molecule has 0 aliphatic rings. The van der Waals surface area contributed by atoms with E-state index in [1.807, 2.05) is 0 Å². The highest BCUT2D eigenvalue weighted by Gasteiger charge is 2.30. The molecule has 3 aromatic rings. The molecule has 1 N–H and O–H groups in total. The van der Waals surface area contributed by atoms with Gasteiger partial charge in [0.2, 0.25) is 0 Å². The molecule has 140 valence electrons. The molecule has 0 spiro atoms. The number of carbonyl (C=O) groups is 1. The Bertz CT molecular complexity index is 1010. The van der Waals surface area contributed by atoms with E-state index in [1.165, 1.54) is 35.1 Å². The first kappa shape index (κ1) is 19.1. The maximum Gasteiger partial charge on any atom is 0.416 e. The van der Waals surface area contributed by atoms with Crippen LogP contribution >= 0.6 is 15.9 Å². The normalized spacial score (nSPS) is 11.5. The van der Waals surface area contributed by atoms with Gasteiger partial charge in [-0.15, -0.1) is 0 Å². The molecule has 0 aliphatic heterocycles. The van der Waals surface area contributed by atoms with E-state index in [0.717, 1.165) is 12.1 Å². The number of rotatable bonds is 3. The molecule has 1 aromatic heterocycles. The van der Waals surface area contributed by atoms with Crippen LogP contribution in [0.1, 0.15) is 21.6 Å². The first-order valence-corrected chi connectivity index (χ1v) is 8.45. The minimum Gasteiger partial charge on any atom is -0.319 e. The lowest BCUT2D eigenvalue weighted by molar-refractivity contribution is -0.137. The number of nitrogens with one attached hydrogen (secondary N) is 1. The Balaban J connectivity index is 1.90. The van der Waals surface area contributed by atoms with Gasteiger partial charge in [0, 0.05) is 4.47 Å². The van der Waals surface area contributed by atoms with Crippen molar-refractivity contribution in [2.45, 2.75) is 13.1 Å². The first-order chi connectivity index (χ1) is 12.7. The van der Waals surface area contributed by atoms with E-state index in [9.17, 15) is 22.4 Å². The standard InChI is InChI=1S/C18H12BrF4N3O/c1-10-14(17(27)25-16-6-5-12(19)8-15(16)20)9-24-26(10)13-4-2-3-11(7-13)18(21,22)23/h2-9H,1H3,(H,25,27). The van der Waals surface area contributed by atoms with E-state index in [0.29, 0.717) is 10.2 Å². The molecule has 27 heavy (non-hydrogen) atoms. The van der Waals surface area contributed by atoms with Crippen LogP contribution in [-0.2, 0) is 6.18 Å². The van der Waals surface area contributed by atoms with Crippen LogP contribution in [0.3, 0.4) is 0 Å². The summed E-state index contributed by atoms with van der Waals surface area (Å²) in [5.41, 5.74) is -0.234. The van der Waals surface area contributed by atoms with E-state index < -0.39 is 23.5 Å². The predicted octanol–water partition coefficient (Wildman–Crippen LogP) is 5.35. The zero-order valence-electron chi connectivity index (χ0n) is 13.8. The number of benzene rings is 2. The molecular weight excluding hydrogens is 430 g/mol. The highest BCUT2D eigenvalue weighted by Crippen LogP contribution is 2.30. The number of halogens is 5. The van der Waals surface area contributed by atoms with Crippen LogP contribution in [0.25, 0.3) is 5.69 Å². The molecule has 0 saturated carbocycles. The third-order valence-corrected chi connectivity index (χ3v) is 4.35. The lowest BCUT2D eigenvalue weighted by atomic mass is 10.2. The summed E-state index contributed by atoms with van der Waals surface area (Å²) in [7, 11) is 0. The number of aromatic nitrogens is 2. The van der Waals surface area contributed by atoms with Gasteiger partial charge >= 0.3 is 6.18 Å². The Morgan fingerprint density at radius 3 is 2.59 bits per heavy atom. The van der Waals surface area contributed by atoms with Crippen LogP contribution < -0.4 is 5.32 Å². The van der Waals surface area contributed by atoms with Crippen LogP contribution in [0, 0.1) is 12.7 Å². The van der Waals surface area contributed by atoms with Crippen LogP contribution in [0.5, 0.6) is 0 Å². The highest BCUT2D eigenvalue weighted by molar-refractivity contribution is 9.10. The summed E-state index contributed by atoms with van der Waals surface area (Å²) in [4.78, 5) is 12.4. The van der Waals surface area contributed by atoms with Gasteiger partial charge in [0.05, 0.1) is 34.4 Å². The van der Waals surface area contributed by atoms with E-state index in [2.05, 4.69) is 26.3 Å². The fourth-order valence-electron chi connectivity index (χ4n) is 2.49. The molecule has 0 atom stereocenters. The van der Waals surface area contributed by atoms with Crippen molar-refractivity contribution in [3.63, 3.8) is 0 Å². The van der Waals surface area contributed by atoms with Gasteiger partial charge in [-0.25, -0.2) is 9.07 Å². The van der Waals surface area contributed by atoms with Crippen molar-refractivity contribution in [1.29, 1.82) is 0 Å². The third-order valence-electron chi connectivity index (χ3n) is 3.85. The van der Waals surface area contributed by atoms with Crippen LogP contribution in [0.4, 0.5) is 23.2 Å². The second-order valence-electron chi connectivity index (χ2n) is 5.68. The molecule has 1 amide bonds. The van der Waals surface area contributed by atoms with E-state index in [4.69, 9.17) is 0 Å². The molecule has 0 fully saturated rings. The summed E-state index contributed by atoms with van der Waals surface area (Å²) in [5, 5.41) is 6.42. The summed E-state index contributed by atoms with van der Waals surface area (Å²) >= 11 is 3.12. The molecule has 0 aliphatic carbocycles. The number of hydrogen-bond acceptors (Lipinski definition) is 2. The highest BCUT2D eigenvalue weighted by atomic mass is 79.9. The van der Waals surface area contributed by atoms with Gasteiger partial charge < -0.3 is 5.32 Å². The predicted molar refractivity (Wildman–Crippen MR) is 95.4 cm³/mol. The molecule has 4 nitrogen and oxygen atoms in total. The fraction of sp³-hybridized carbons (Fsp3) is 0.111. The van der Waals surface area contributed by atoms with Gasteiger partial charge in [-0.3, -0.25) is 4.79 Å². The largest absolute Gasteiger partial charge is 0.416 e. The van der Waals surface area contributed by atoms with Crippen molar-refractivity contribution in [3.8, 4) is 5.69 Å². The topological polar surface area (TPSA) is 46.9 Å². The molecule has 0 unspecified atom stereocenters. The lowest BCUT2D eigenvalue weighted by Gasteiger charge is -2.10. The molecule has 1 heterocycles. The van der Waals surface area contributed by atoms with Gasteiger partial charge in [0.1, 0.15) is 5.82 Å². The monoisotopic (exact) mass is 441 g/mol. The van der Waals surface area contributed by atoms with Crippen molar-refractivity contribution in [1.82, 2.24) is 9.78 Å². The van der Waals surface area contributed by atoms with Crippen molar-refractivity contribution in [2.24, 2.45) is 0 Å². The number of nitrogens with zero attached hydrogens (tertiary/aromatic N) is 2. The average Bonchev–Trinajstić information content (AvgIpc) is 2.98. The first-order valence-electron chi connectivity index (χ1n) is 7.65. The Morgan fingerprint density at radius 1 is 1.19 bits per heavy atom. The number of hydrogen-bond donors (Lipinski definition) is 1. The van der Waals surface area contributed by atoms with Crippen molar-refractivity contribution in [3.05, 3.63) is 75.8 Å². The SMILES string of the molecule is Cc1c(C(=O)Nc2ccc(Br)cc2F)cnn1-c1cccc(C(F)(F)F)c1. The second-order valence-corrected chi connectivity index (χ2v) is 6.60. The van der Waals surface area contributed by atoms with Gasteiger partial charge in [-0.2, -0.15) is 18.3 Å². The van der Waals surface area contributed by atoms with Crippen LogP contribution in [0.15, 0.2) is 53.1 Å².